The zero-order valence-electron chi connectivity index (χ0n) is 15.9. The molecule has 0 spiro atoms. The summed E-state index contributed by atoms with van der Waals surface area (Å²) in [6.45, 7) is 1.52. The van der Waals surface area contributed by atoms with Gasteiger partial charge in [-0.05, 0) is 18.9 Å². The Morgan fingerprint density at radius 2 is 2.10 bits per heavy atom. The minimum absolute atomic E-state index is 0.172. The van der Waals surface area contributed by atoms with Crippen LogP contribution in [-0.2, 0) is 9.59 Å². The molecule has 4 atom stereocenters. The maximum Gasteiger partial charge on any atom is 0.306 e. The molecule has 3 saturated heterocycles. The number of aliphatic carboxylic acids is 1. The zero-order chi connectivity index (χ0) is 20.5. The molecule has 0 bridgehead atoms. The highest BCUT2D eigenvalue weighted by Gasteiger charge is 2.47. The van der Waals surface area contributed by atoms with Gasteiger partial charge in [-0.25, -0.2) is 14.8 Å². The molecule has 10 nitrogen and oxygen atoms in total. The molecule has 0 radical (unpaired) electrons. The number of nitrogens with two attached hydrogens (primary N) is 1. The van der Waals surface area contributed by atoms with E-state index in [1.54, 1.807) is 17.4 Å². The summed E-state index contributed by atoms with van der Waals surface area (Å²) in [6.07, 6.45) is 2.28. The number of carboxylic acid groups (broad SMARTS) is 1. The summed E-state index contributed by atoms with van der Waals surface area (Å²) in [5, 5.41) is 16.8. The van der Waals surface area contributed by atoms with Crippen LogP contribution in [-0.4, -0.2) is 71.7 Å². The van der Waals surface area contributed by atoms with Crippen molar-refractivity contribution in [1.82, 2.24) is 20.7 Å². The van der Waals surface area contributed by atoms with Crippen molar-refractivity contribution < 1.29 is 19.1 Å². The second-order valence-electron chi connectivity index (χ2n) is 7.77. The summed E-state index contributed by atoms with van der Waals surface area (Å²) in [4.78, 5) is 30.4. The maximum atomic E-state index is 13.6. The van der Waals surface area contributed by atoms with Crippen LogP contribution in [0, 0.1) is 11.8 Å². The first-order valence-electron chi connectivity index (χ1n) is 9.82. The van der Waals surface area contributed by atoms with E-state index in [0.717, 1.165) is 5.69 Å². The quantitative estimate of drug-likeness (QED) is 0.439. The summed E-state index contributed by atoms with van der Waals surface area (Å²) in [6, 6.07) is 1.81. The smallest absolute Gasteiger partial charge is 0.306 e. The van der Waals surface area contributed by atoms with Crippen molar-refractivity contribution >= 4 is 23.3 Å². The van der Waals surface area contributed by atoms with Crippen molar-refractivity contribution in [3.8, 4) is 0 Å². The molecule has 1 aromatic heterocycles. The van der Waals surface area contributed by atoms with Crippen LogP contribution in [0.5, 0.6) is 0 Å². The first kappa shape index (κ1) is 20.0. The zero-order valence-corrected chi connectivity index (χ0v) is 15.9. The molecule has 3 aliphatic heterocycles. The highest BCUT2D eigenvalue weighted by Crippen LogP contribution is 2.31. The Morgan fingerprint density at radius 3 is 2.83 bits per heavy atom. The van der Waals surface area contributed by atoms with Crippen molar-refractivity contribution in [3.63, 3.8) is 0 Å². The molecule has 4 heterocycles. The molecular weight excluding hydrogens is 381 g/mol. The van der Waals surface area contributed by atoms with E-state index in [4.69, 9.17) is 5.73 Å². The number of carboxylic acids is 1. The van der Waals surface area contributed by atoms with Crippen LogP contribution in [0.2, 0.25) is 0 Å². The minimum Gasteiger partial charge on any atom is -0.481 e. The monoisotopic (exact) mass is 407 g/mol. The number of piperidine rings is 1. The lowest BCUT2D eigenvalue weighted by Crippen LogP contribution is -2.58. The molecular formula is C18H26FN7O3. The Labute approximate surface area is 167 Å². The third-order valence-electron chi connectivity index (χ3n) is 5.86. The number of carbonyl (C=O) groups is 2. The van der Waals surface area contributed by atoms with Gasteiger partial charge in [0, 0.05) is 32.4 Å². The first-order chi connectivity index (χ1) is 13.9. The summed E-state index contributed by atoms with van der Waals surface area (Å²) >= 11 is 0. The average molecular weight is 407 g/mol. The Hall–Kier alpha value is -2.34. The molecule has 1 aromatic rings. The lowest BCUT2D eigenvalue weighted by molar-refractivity contribution is -0.142. The normalized spacial score (nSPS) is 30.8. The maximum absolute atomic E-state index is 13.6. The van der Waals surface area contributed by atoms with E-state index in [2.05, 4.69) is 25.9 Å². The SMILES string of the molecule is NC1NN2CC(F)CNC2C1C(=O)Nc1cnccc1N1CCC(C(=O)O)CC1. The number of nitrogens with one attached hydrogen (secondary N) is 3. The van der Waals surface area contributed by atoms with Crippen LogP contribution in [0.25, 0.3) is 0 Å². The number of halogens is 1. The predicted molar refractivity (Wildman–Crippen MR) is 103 cm³/mol. The molecule has 158 valence electrons. The number of alkyl halides is 1. The van der Waals surface area contributed by atoms with E-state index < -0.39 is 24.2 Å². The van der Waals surface area contributed by atoms with Gasteiger partial charge in [-0.1, -0.05) is 0 Å². The number of aromatic nitrogens is 1. The van der Waals surface area contributed by atoms with Gasteiger partial charge in [0.1, 0.15) is 6.17 Å². The van der Waals surface area contributed by atoms with Crippen molar-refractivity contribution in [1.29, 1.82) is 0 Å². The van der Waals surface area contributed by atoms with Gasteiger partial charge in [-0.15, -0.1) is 0 Å². The molecule has 4 unspecified atom stereocenters. The van der Waals surface area contributed by atoms with Crippen LogP contribution in [0.4, 0.5) is 15.8 Å². The van der Waals surface area contributed by atoms with Gasteiger partial charge in [0.05, 0.1) is 41.7 Å². The average Bonchev–Trinajstić information content (AvgIpc) is 3.03. The number of fused-ring (bicyclic) bond motifs is 1. The van der Waals surface area contributed by atoms with E-state index >= 15 is 0 Å². The summed E-state index contributed by atoms with van der Waals surface area (Å²) in [5.74, 6) is -1.99. The third kappa shape index (κ3) is 4.04. The highest BCUT2D eigenvalue weighted by molar-refractivity contribution is 5.96. The molecule has 3 aliphatic rings. The number of pyridine rings is 1. The van der Waals surface area contributed by atoms with Crippen molar-refractivity contribution in [2.24, 2.45) is 17.6 Å². The van der Waals surface area contributed by atoms with Gasteiger partial charge in [-0.2, -0.15) is 0 Å². The number of carbonyl (C=O) groups excluding carboxylic acids is 1. The number of nitrogens with zero attached hydrogens (tertiary/aromatic N) is 3. The number of hydrazine groups is 1. The van der Waals surface area contributed by atoms with Crippen LogP contribution < -0.4 is 26.7 Å². The molecule has 0 aliphatic carbocycles. The summed E-state index contributed by atoms with van der Waals surface area (Å²) in [5.41, 5.74) is 10.4. The summed E-state index contributed by atoms with van der Waals surface area (Å²) < 4.78 is 13.6. The molecule has 4 rings (SSSR count). The van der Waals surface area contributed by atoms with Gasteiger partial charge in [0.2, 0.25) is 5.91 Å². The third-order valence-corrected chi connectivity index (χ3v) is 5.86. The molecule has 11 heteroatoms. The van der Waals surface area contributed by atoms with Gasteiger partial charge >= 0.3 is 5.97 Å². The van der Waals surface area contributed by atoms with Gasteiger partial charge in [0.25, 0.3) is 0 Å². The van der Waals surface area contributed by atoms with Crippen molar-refractivity contribution in [2.45, 2.75) is 31.3 Å². The Morgan fingerprint density at radius 1 is 1.34 bits per heavy atom. The van der Waals surface area contributed by atoms with Gasteiger partial charge in [0.15, 0.2) is 0 Å². The van der Waals surface area contributed by atoms with Crippen molar-refractivity contribution in [2.75, 3.05) is 36.4 Å². The Balaban J connectivity index is 1.46. The van der Waals surface area contributed by atoms with Crippen LogP contribution in [0.3, 0.4) is 0 Å². The van der Waals surface area contributed by atoms with E-state index in [0.29, 0.717) is 31.6 Å². The fourth-order valence-electron chi connectivity index (χ4n) is 4.32. The van der Waals surface area contributed by atoms with Gasteiger partial charge < -0.3 is 21.1 Å². The molecule has 1 amide bonds. The highest BCUT2D eigenvalue weighted by atomic mass is 19.1. The second-order valence-corrected chi connectivity index (χ2v) is 7.77. The van der Waals surface area contributed by atoms with E-state index in [1.807, 2.05) is 6.07 Å². The fourth-order valence-corrected chi connectivity index (χ4v) is 4.32. The van der Waals surface area contributed by atoms with Gasteiger partial charge in [-0.3, -0.25) is 19.9 Å². The lowest BCUT2D eigenvalue weighted by atomic mass is 9.96. The number of amides is 1. The second kappa shape index (κ2) is 8.19. The topological polar surface area (TPSA) is 136 Å². The Kier molecular flexibility index (Phi) is 5.63. The Bertz CT molecular complexity index is 774. The number of rotatable bonds is 4. The predicted octanol–water partition coefficient (Wildman–Crippen LogP) is -0.690. The molecule has 29 heavy (non-hydrogen) atoms. The van der Waals surface area contributed by atoms with Crippen LogP contribution >= 0.6 is 0 Å². The molecule has 0 aromatic carbocycles. The number of hydrogen-bond donors (Lipinski definition) is 5. The van der Waals surface area contributed by atoms with E-state index in [-0.39, 0.29) is 31.1 Å². The van der Waals surface area contributed by atoms with E-state index in [1.165, 1.54) is 0 Å². The molecule has 6 N–H and O–H groups in total. The first-order valence-corrected chi connectivity index (χ1v) is 9.82. The summed E-state index contributed by atoms with van der Waals surface area (Å²) in [7, 11) is 0. The fraction of sp³-hybridized carbons (Fsp3) is 0.611. The number of hydrogen-bond acceptors (Lipinski definition) is 8. The van der Waals surface area contributed by atoms with Crippen LogP contribution in [0.15, 0.2) is 18.5 Å². The van der Waals surface area contributed by atoms with E-state index in [9.17, 15) is 19.1 Å². The number of anilines is 2. The minimum atomic E-state index is -1.02. The standard InChI is InChI=1S/C18H26FN7O3/c19-11-7-22-16-14(15(20)24-26(16)9-11)17(27)23-12-8-21-4-1-13(12)25-5-2-10(3-6-25)18(28)29/h1,4,8,10-11,14-16,22,24H,2-3,5-7,9,20H2,(H,23,27)(H,28,29). The van der Waals surface area contributed by atoms with Crippen LogP contribution in [0.1, 0.15) is 12.8 Å². The lowest BCUT2D eigenvalue weighted by Gasteiger charge is -2.34. The molecule has 3 fully saturated rings. The van der Waals surface area contributed by atoms with Crippen molar-refractivity contribution in [3.05, 3.63) is 18.5 Å². The molecule has 0 saturated carbocycles. The largest absolute Gasteiger partial charge is 0.481 e.